The number of hydrogen-bond acceptors (Lipinski definition) is 2. The molecular formula is C16H20ClNS. The molecule has 0 saturated carbocycles. The van der Waals surface area contributed by atoms with Gasteiger partial charge in [0.1, 0.15) is 0 Å². The molecule has 0 N–H and O–H groups in total. The van der Waals surface area contributed by atoms with Gasteiger partial charge in [-0.1, -0.05) is 18.2 Å². The molecule has 1 aromatic heterocycles. The fraction of sp³-hybridized carbons (Fsp3) is 0.500. The fourth-order valence-corrected chi connectivity index (χ4v) is 4.23. The van der Waals surface area contributed by atoms with Crippen LogP contribution in [-0.4, -0.2) is 23.4 Å². The second-order valence-corrected chi connectivity index (χ2v) is 6.64. The van der Waals surface area contributed by atoms with Crippen molar-refractivity contribution in [3.8, 4) is 0 Å². The number of fused-ring (bicyclic) bond motifs is 1. The van der Waals surface area contributed by atoms with Gasteiger partial charge in [-0.25, -0.2) is 0 Å². The van der Waals surface area contributed by atoms with Gasteiger partial charge in [0.2, 0.25) is 0 Å². The van der Waals surface area contributed by atoms with Crippen molar-refractivity contribution in [2.45, 2.75) is 38.3 Å². The van der Waals surface area contributed by atoms with E-state index in [1.54, 1.807) is 0 Å². The first-order valence-corrected chi connectivity index (χ1v) is 8.55. The quantitative estimate of drug-likeness (QED) is 0.710. The van der Waals surface area contributed by atoms with Crippen molar-refractivity contribution in [2.75, 3.05) is 12.4 Å². The van der Waals surface area contributed by atoms with Gasteiger partial charge in [-0.15, -0.1) is 22.9 Å². The summed E-state index contributed by atoms with van der Waals surface area (Å²) < 4.78 is 1.41. The van der Waals surface area contributed by atoms with Crippen LogP contribution in [0, 0.1) is 0 Å². The highest BCUT2D eigenvalue weighted by atomic mass is 35.5. The van der Waals surface area contributed by atoms with Crippen LogP contribution in [0.4, 0.5) is 0 Å². The maximum atomic E-state index is 5.83. The number of rotatable bonds is 5. The first kappa shape index (κ1) is 13.4. The summed E-state index contributed by atoms with van der Waals surface area (Å²) in [7, 11) is 0. The van der Waals surface area contributed by atoms with Crippen molar-refractivity contribution in [2.24, 2.45) is 0 Å². The summed E-state index contributed by atoms with van der Waals surface area (Å²) in [5.74, 6) is 0.797. The molecular weight excluding hydrogens is 274 g/mol. The monoisotopic (exact) mass is 293 g/mol. The Morgan fingerprint density at radius 1 is 1.32 bits per heavy atom. The Hall–Kier alpha value is -0.570. The predicted octanol–water partition coefficient (Wildman–Crippen LogP) is 4.88. The molecule has 1 saturated heterocycles. The molecule has 1 unspecified atom stereocenters. The lowest BCUT2D eigenvalue weighted by Gasteiger charge is -2.24. The topological polar surface area (TPSA) is 3.24 Å². The molecule has 0 radical (unpaired) electrons. The van der Waals surface area contributed by atoms with Gasteiger partial charge in [0.25, 0.3) is 0 Å². The highest BCUT2D eigenvalue weighted by molar-refractivity contribution is 7.17. The third-order valence-electron chi connectivity index (χ3n) is 4.10. The average Bonchev–Trinajstić information content (AvgIpc) is 3.05. The maximum absolute atomic E-state index is 5.83. The highest BCUT2D eigenvalue weighted by Crippen LogP contribution is 2.30. The lowest BCUT2D eigenvalue weighted by molar-refractivity contribution is 0.235. The van der Waals surface area contributed by atoms with Crippen LogP contribution >= 0.6 is 22.9 Å². The van der Waals surface area contributed by atoms with E-state index in [1.165, 1.54) is 41.5 Å². The number of likely N-dealkylation sites (tertiary alicyclic amines) is 1. The third kappa shape index (κ3) is 2.96. The van der Waals surface area contributed by atoms with Crippen molar-refractivity contribution in [1.82, 2.24) is 4.90 Å². The number of benzene rings is 1. The van der Waals surface area contributed by atoms with Gasteiger partial charge in [0.15, 0.2) is 0 Å². The molecule has 3 heteroatoms. The number of hydrogen-bond donors (Lipinski definition) is 0. The minimum atomic E-state index is 0.748. The van der Waals surface area contributed by atoms with Gasteiger partial charge < -0.3 is 0 Å². The van der Waals surface area contributed by atoms with E-state index in [4.69, 9.17) is 11.6 Å². The van der Waals surface area contributed by atoms with Crippen LogP contribution in [0.15, 0.2) is 29.6 Å². The van der Waals surface area contributed by atoms with E-state index in [1.807, 2.05) is 11.3 Å². The van der Waals surface area contributed by atoms with Crippen molar-refractivity contribution in [3.63, 3.8) is 0 Å². The third-order valence-corrected chi connectivity index (χ3v) is 5.38. The maximum Gasteiger partial charge on any atom is 0.0346 e. The lowest BCUT2D eigenvalue weighted by Crippen LogP contribution is -2.28. The minimum absolute atomic E-state index is 0.748. The van der Waals surface area contributed by atoms with Crippen LogP contribution in [0.2, 0.25) is 0 Å². The Kier molecular flexibility index (Phi) is 4.42. The molecule has 0 amide bonds. The van der Waals surface area contributed by atoms with Crippen LogP contribution in [0.1, 0.15) is 31.2 Å². The summed E-state index contributed by atoms with van der Waals surface area (Å²) >= 11 is 7.70. The van der Waals surface area contributed by atoms with Crippen molar-refractivity contribution in [1.29, 1.82) is 0 Å². The summed E-state index contributed by atoms with van der Waals surface area (Å²) in [4.78, 5) is 2.65. The van der Waals surface area contributed by atoms with Crippen LogP contribution < -0.4 is 0 Å². The number of nitrogens with zero attached hydrogens (tertiary/aromatic N) is 1. The Bertz CT molecular complexity index is 536. The smallest absolute Gasteiger partial charge is 0.0346 e. The van der Waals surface area contributed by atoms with Gasteiger partial charge in [-0.3, -0.25) is 4.90 Å². The molecule has 0 spiro atoms. The van der Waals surface area contributed by atoms with Gasteiger partial charge in [0, 0.05) is 23.2 Å². The molecule has 0 bridgehead atoms. The van der Waals surface area contributed by atoms with Gasteiger partial charge in [-0.2, -0.15) is 0 Å². The zero-order valence-electron chi connectivity index (χ0n) is 11.1. The van der Waals surface area contributed by atoms with E-state index in [-0.39, 0.29) is 0 Å². The standard InChI is InChI=1S/C16H20ClNS/c17-9-3-5-14-6-4-10-18(14)11-13-12-19-16-8-2-1-7-15(13)16/h1-2,7-8,12,14H,3-6,9-11H2. The molecule has 1 aliphatic rings. The molecule has 1 aromatic carbocycles. The average molecular weight is 294 g/mol. The molecule has 102 valence electrons. The van der Waals surface area contributed by atoms with E-state index in [0.29, 0.717) is 0 Å². The zero-order chi connectivity index (χ0) is 13.1. The number of alkyl halides is 1. The molecule has 0 aliphatic carbocycles. The lowest BCUT2D eigenvalue weighted by atomic mass is 10.1. The van der Waals surface area contributed by atoms with Crippen LogP contribution in [-0.2, 0) is 6.54 Å². The largest absolute Gasteiger partial charge is 0.296 e. The van der Waals surface area contributed by atoms with E-state index < -0.39 is 0 Å². The van der Waals surface area contributed by atoms with Crippen molar-refractivity contribution >= 4 is 33.0 Å². The minimum Gasteiger partial charge on any atom is -0.296 e. The number of halogens is 1. The fourth-order valence-electron chi connectivity index (χ4n) is 3.12. The van der Waals surface area contributed by atoms with E-state index in [2.05, 4.69) is 34.5 Å². The molecule has 3 rings (SSSR count). The van der Waals surface area contributed by atoms with E-state index >= 15 is 0 Å². The SMILES string of the molecule is ClCCCC1CCCN1Cc1csc2ccccc12. The molecule has 1 aliphatic heterocycles. The second-order valence-electron chi connectivity index (χ2n) is 5.35. The molecule has 1 nitrogen and oxygen atoms in total. The second kappa shape index (κ2) is 6.25. The van der Waals surface area contributed by atoms with Crippen LogP contribution in [0.5, 0.6) is 0 Å². The summed E-state index contributed by atoms with van der Waals surface area (Å²) in [6.45, 7) is 2.36. The van der Waals surface area contributed by atoms with Gasteiger partial charge >= 0.3 is 0 Å². The first-order chi connectivity index (χ1) is 9.38. The predicted molar refractivity (Wildman–Crippen MR) is 85.2 cm³/mol. The van der Waals surface area contributed by atoms with E-state index in [9.17, 15) is 0 Å². The Balaban J connectivity index is 1.73. The molecule has 1 atom stereocenters. The first-order valence-electron chi connectivity index (χ1n) is 7.13. The molecule has 2 heterocycles. The Morgan fingerprint density at radius 3 is 3.11 bits per heavy atom. The summed E-state index contributed by atoms with van der Waals surface area (Å²) in [6, 6.07) is 9.50. The van der Waals surface area contributed by atoms with Crippen LogP contribution in [0.3, 0.4) is 0 Å². The van der Waals surface area contributed by atoms with Crippen molar-refractivity contribution < 1.29 is 0 Å². The van der Waals surface area contributed by atoms with Crippen LogP contribution in [0.25, 0.3) is 10.1 Å². The number of thiophene rings is 1. The summed E-state index contributed by atoms with van der Waals surface area (Å²) in [6.07, 6.45) is 5.09. The Morgan fingerprint density at radius 2 is 2.21 bits per heavy atom. The highest BCUT2D eigenvalue weighted by Gasteiger charge is 2.24. The molecule has 2 aromatic rings. The zero-order valence-corrected chi connectivity index (χ0v) is 12.7. The van der Waals surface area contributed by atoms with Gasteiger partial charge in [0.05, 0.1) is 0 Å². The van der Waals surface area contributed by atoms with Gasteiger partial charge in [-0.05, 0) is 54.6 Å². The molecule has 1 fully saturated rings. The van der Waals surface area contributed by atoms with Crippen molar-refractivity contribution in [3.05, 3.63) is 35.2 Å². The summed E-state index contributed by atoms with van der Waals surface area (Å²) in [5.41, 5.74) is 1.50. The summed E-state index contributed by atoms with van der Waals surface area (Å²) in [5, 5.41) is 3.78. The normalized spacial score (nSPS) is 20.4. The molecule has 19 heavy (non-hydrogen) atoms. The Labute approximate surface area is 124 Å². The van der Waals surface area contributed by atoms with E-state index in [0.717, 1.165) is 24.9 Å².